The molecule has 0 atom stereocenters. The third kappa shape index (κ3) is 3.98. The topological polar surface area (TPSA) is 97.8 Å². The molecule has 0 amide bonds. The average Bonchev–Trinajstić information content (AvgIpc) is 3.09. The summed E-state index contributed by atoms with van der Waals surface area (Å²) in [5, 5.41) is 12.9. The van der Waals surface area contributed by atoms with Crippen molar-refractivity contribution in [3.63, 3.8) is 0 Å². The van der Waals surface area contributed by atoms with Crippen LogP contribution in [0.5, 0.6) is 0 Å². The first-order chi connectivity index (χ1) is 15.0. The Balaban J connectivity index is 1.82. The fraction of sp³-hybridized carbons (Fsp3) is 0.273. The van der Waals surface area contributed by atoms with Crippen molar-refractivity contribution in [2.75, 3.05) is 0 Å². The Morgan fingerprint density at radius 3 is 2.48 bits per heavy atom. The van der Waals surface area contributed by atoms with Crippen LogP contribution in [0.25, 0.3) is 11.2 Å². The smallest absolute Gasteiger partial charge is 0.332 e. The molecule has 0 fully saturated rings. The van der Waals surface area contributed by atoms with Gasteiger partial charge in [0.05, 0.1) is 0 Å². The highest BCUT2D eigenvalue weighted by atomic mass is 19.1. The van der Waals surface area contributed by atoms with Gasteiger partial charge in [-0.15, -0.1) is 0 Å². The van der Waals surface area contributed by atoms with Gasteiger partial charge in [0, 0.05) is 31.4 Å². The predicted molar refractivity (Wildman–Crippen MR) is 114 cm³/mol. The van der Waals surface area contributed by atoms with Crippen LogP contribution >= 0.6 is 0 Å². The number of hydrogen-bond donors (Lipinski definition) is 0. The molecule has 4 aromatic rings. The van der Waals surface area contributed by atoms with Gasteiger partial charge in [0.2, 0.25) is 0 Å². The molecule has 0 unspecified atom stereocenters. The summed E-state index contributed by atoms with van der Waals surface area (Å²) in [5.74, 6) is -0.237. The Labute approximate surface area is 176 Å². The third-order valence-electron chi connectivity index (χ3n) is 5.10. The van der Waals surface area contributed by atoms with Crippen molar-refractivity contribution < 1.29 is 4.39 Å². The monoisotopic (exact) mass is 422 g/mol. The van der Waals surface area contributed by atoms with E-state index < -0.39 is 11.2 Å². The quantitative estimate of drug-likeness (QED) is 0.456. The molecule has 0 saturated heterocycles. The molecule has 0 radical (unpaired) electrons. The number of aromatic nitrogens is 5. The summed E-state index contributed by atoms with van der Waals surface area (Å²) in [7, 11) is 0. The first-order valence-corrected chi connectivity index (χ1v) is 10.1. The van der Waals surface area contributed by atoms with Gasteiger partial charge < -0.3 is 9.94 Å². The van der Waals surface area contributed by atoms with Crippen LogP contribution in [0, 0.1) is 11.0 Å². The molecule has 0 N–H and O–H groups in total. The van der Waals surface area contributed by atoms with Crippen LogP contribution in [0.4, 0.5) is 4.39 Å². The number of rotatable bonds is 7. The number of imidazole rings is 1. The van der Waals surface area contributed by atoms with Crippen molar-refractivity contribution in [1.82, 2.24) is 23.8 Å². The summed E-state index contributed by atoms with van der Waals surface area (Å²) in [6.45, 7) is 2.25. The Hall–Kier alpha value is -3.75. The number of hydrogen-bond acceptors (Lipinski definition) is 5. The van der Waals surface area contributed by atoms with Crippen molar-refractivity contribution in [2.45, 2.75) is 39.3 Å². The highest BCUT2D eigenvalue weighted by Gasteiger charge is 2.19. The SMILES string of the molecule is CCCn1c(=O)c2c(nc(Cc3ccccn3)n2[O-])n(CCc2ccc(F)cc2)c1=O. The van der Waals surface area contributed by atoms with Gasteiger partial charge in [-0.2, -0.15) is 0 Å². The first kappa shape index (κ1) is 20.5. The molecule has 3 aromatic heterocycles. The minimum atomic E-state index is -0.644. The molecule has 31 heavy (non-hydrogen) atoms. The van der Waals surface area contributed by atoms with E-state index in [1.165, 1.54) is 16.7 Å². The minimum Gasteiger partial charge on any atom is -0.804 e. The van der Waals surface area contributed by atoms with Gasteiger partial charge in [0.1, 0.15) is 17.2 Å². The molecule has 0 spiro atoms. The minimum absolute atomic E-state index is 0.0606. The highest BCUT2D eigenvalue weighted by Crippen LogP contribution is 2.14. The predicted octanol–water partition coefficient (Wildman–Crippen LogP) is 2.48. The van der Waals surface area contributed by atoms with Crippen molar-refractivity contribution in [3.8, 4) is 0 Å². The van der Waals surface area contributed by atoms with E-state index >= 15 is 0 Å². The molecular weight excluding hydrogens is 401 g/mol. The largest absolute Gasteiger partial charge is 0.804 e. The third-order valence-corrected chi connectivity index (χ3v) is 5.10. The Kier molecular flexibility index (Phi) is 5.66. The summed E-state index contributed by atoms with van der Waals surface area (Å²) in [6, 6.07) is 11.3. The Morgan fingerprint density at radius 2 is 1.81 bits per heavy atom. The maximum absolute atomic E-state index is 13.2. The molecule has 3 heterocycles. The lowest BCUT2D eigenvalue weighted by molar-refractivity contribution is 0.558. The number of halogens is 1. The summed E-state index contributed by atoms with van der Waals surface area (Å²) in [4.78, 5) is 34.5. The molecule has 1 aromatic carbocycles. The van der Waals surface area contributed by atoms with Crippen LogP contribution in [0.1, 0.15) is 30.4 Å². The second kappa shape index (κ2) is 8.55. The number of nitrogens with zero attached hydrogens (tertiary/aromatic N) is 5. The van der Waals surface area contributed by atoms with Crippen LogP contribution in [0.3, 0.4) is 0 Å². The summed E-state index contributed by atoms with van der Waals surface area (Å²) in [6.07, 6.45) is 2.73. The molecule has 0 bridgehead atoms. The van der Waals surface area contributed by atoms with E-state index in [1.807, 2.05) is 6.92 Å². The van der Waals surface area contributed by atoms with Crippen molar-refractivity contribution in [1.29, 1.82) is 0 Å². The van der Waals surface area contributed by atoms with Gasteiger partial charge in [0.15, 0.2) is 5.65 Å². The summed E-state index contributed by atoms with van der Waals surface area (Å²) >= 11 is 0. The van der Waals surface area contributed by atoms with Crippen molar-refractivity contribution in [2.24, 2.45) is 0 Å². The van der Waals surface area contributed by atoms with Gasteiger partial charge in [-0.25, -0.2) is 14.2 Å². The van der Waals surface area contributed by atoms with E-state index in [4.69, 9.17) is 0 Å². The standard InChI is InChI=1S/C22H21FN5O3/c1-2-12-27-21(29)19-20(25-18(28(19)31)14-17-5-3-4-11-24-17)26(22(27)30)13-10-15-6-8-16(23)9-7-15/h3-9,11H,2,10,12-14H2,1H3/q-1. The lowest BCUT2D eigenvalue weighted by Crippen LogP contribution is -2.40. The lowest BCUT2D eigenvalue weighted by Gasteiger charge is -2.14. The van der Waals surface area contributed by atoms with Crippen LogP contribution in [-0.2, 0) is 25.9 Å². The zero-order valence-electron chi connectivity index (χ0n) is 17.0. The van der Waals surface area contributed by atoms with Crippen LogP contribution in [-0.4, -0.2) is 23.8 Å². The Bertz CT molecular complexity index is 1320. The summed E-state index contributed by atoms with van der Waals surface area (Å²) < 4.78 is 16.1. The fourth-order valence-electron chi connectivity index (χ4n) is 3.55. The number of aryl methyl sites for hydroxylation is 2. The van der Waals surface area contributed by atoms with Gasteiger partial charge in [-0.05, 0) is 42.7 Å². The van der Waals surface area contributed by atoms with E-state index in [0.29, 0.717) is 23.3 Å². The lowest BCUT2D eigenvalue weighted by atomic mass is 10.1. The van der Waals surface area contributed by atoms with E-state index in [9.17, 15) is 19.2 Å². The molecule has 9 heteroatoms. The second-order valence-electron chi connectivity index (χ2n) is 7.26. The second-order valence-corrected chi connectivity index (χ2v) is 7.26. The Morgan fingerprint density at radius 1 is 1.03 bits per heavy atom. The molecule has 0 aliphatic rings. The molecule has 0 saturated carbocycles. The zero-order valence-corrected chi connectivity index (χ0v) is 17.0. The van der Waals surface area contributed by atoms with Gasteiger partial charge >= 0.3 is 5.69 Å². The van der Waals surface area contributed by atoms with Crippen LogP contribution in [0.15, 0.2) is 58.3 Å². The maximum Gasteiger partial charge on any atom is 0.332 e. The van der Waals surface area contributed by atoms with Gasteiger partial charge in [-0.3, -0.25) is 18.9 Å². The van der Waals surface area contributed by atoms with E-state index in [-0.39, 0.29) is 42.3 Å². The molecule has 0 aliphatic carbocycles. The molecule has 4 rings (SSSR count). The highest BCUT2D eigenvalue weighted by molar-refractivity contribution is 5.71. The van der Waals surface area contributed by atoms with Crippen molar-refractivity contribution >= 4 is 11.2 Å². The average molecular weight is 422 g/mol. The van der Waals surface area contributed by atoms with Gasteiger partial charge in [-0.1, -0.05) is 25.1 Å². The fourth-order valence-corrected chi connectivity index (χ4v) is 3.55. The van der Waals surface area contributed by atoms with E-state index in [1.54, 1.807) is 36.5 Å². The van der Waals surface area contributed by atoms with E-state index in [2.05, 4.69) is 9.97 Å². The van der Waals surface area contributed by atoms with Crippen LogP contribution < -0.4 is 11.2 Å². The maximum atomic E-state index is 13.2. The van der Waals surface area contributed by atoms with Crippen molar-refractivity contribution in [3.05, 3.63) is 97.6 Å². The molecule has 8 nitrogen and oxygen atoms in total. The van der Waals surface area contributed by atoms with Gasteiger partial charge in [0.25, 0.3) is 5.56 Å². The first-order valence-electron chi connectivity index (χ1n) is 10.1. The molecular formula is C22H21FN5O3-. The zero-order chi connectivity index (χ0) is 22.0. The summed E-state index contributed by atoms with van der Waals surface area (Å²) in [5.41, 5.74) is 0.205. The van der Waals surface area contributed by atoms with Crippen LogP contribution in [0.2, 0.25) is 0 Å². The number of fused-ring (bicyclic) bond motifs is 1. The molecule has 0 aliphatic heterocycles. The molecule has 160 valence electrons. The number of benzene rings is 1. The normalized spacial score (nSPS) is 11.3. The van der Waals surface area contributed by atoms with E-state index in [0.717, 1.165) is 10.1 Å². The number of pyridine rings is 1.